The minimum Gasteiger partial charge on any atom is -0.385 e. The van der Waals surface area contributed by atoms with Gasteiger partial charge >= 0.3 is 0 Å². The third kappa shape index (κ3) is 3.14. The lowest BCUT2D eigenvalue weighted by atomic mass is 9.92. The summed E-state index contributed by atoms with van der Waals surface area (Å²) in [4.78, 5) is 6.99. The Morgan fingerprint density at radius 2 is 2.22 bits per heavy atom. The first kappa shape index (κ1) is 13.6. The molecule has 2 rings (SSSR count). The zero-order valence-corrected chi connectivity index (χ0v) is 11.4. The first-order chi connectivity index (χ1) is 8.86. The molecule has 0 spiro atoms. The Kier molecular flexibility index (Phi) is 5.26. The van der Waals surface area contributed by atoms with E-state index in [1.165, 1.54) is 32.1 Å². The fourth-order valence-electron chi connectivity index (χ4n) is 3.33. The highest BCUT2D eigenvalue weighted by atomic mass is 16.5. The van der Waals surface area contributed by atoms with Crippen molar-refractivity contribution in [1.29, 1.82) is 0 Å². The van der Waals surface area contributed by atoms with Crippen molar-refractivity contribution < 1.29 is 4.74 Å². The van der Waals surface area contributed by atoms with Crippen LogP contribution >= 0.6 is 0 Å². The molecule has 0 aromatic carbocycles. The van der Waals surface area contributed by atoms with E-state index in [-0.39, 0.29) is 0 Å². The summed E-state index contributed by atoms with van der Waals surface area (Å²) < 4.78 is 5.04. The molecule has 2 aliphatic rings. The lowest BCUT2D eigenvalue weighted by Gasteiger charge is -2.39. The zero-order chi connectivity index (χ0) is 12.8. The molecule has 2 fully saturated rings. The van der Waals surface area contributed by atoms with E-state index < -0.39 is 0 Å². The van der Waals surface area contributed by atoms with Gasteiger partial charge in [0.05, 0.1) is 0 Å². The average Bonchev–Trinajstić information content (AvgIpc) is 2.87. The molecule has 0 bridgehead atoms. The first-order valence-electron chi connectivity index (χ1n) is 7.13. The lowest BCUT2D eigenvalue weighted by molar-refractivity contribution is 0.184. The molecular formula is C13H26N4O. The van der Waals surface area contributed by atoms with Gasteiger partial charge in [-0.15, -0.1) is 0 Å². The largest absolute Gasteiger partial charge is 0.385 e. The van der Waals surface area contributed by atoms with Gasteiger partial charge in [0.2, 0.25) is 5.96 Å². The van der Waals surface area contributed by atoms with Crippen LogP contribution in [0.1, 0.15) is 38.5 Å². The number of nitrogens with two attached hydrogens (primary N) is 1. The Hall–Kier alpha value is -0.810. The quantitative estimate of drug-likeness (QED) is 0.259. The van der Waals surface area contributed by atoms with E-state index in [1.807, 2.05) is 0 Å². The van der Waals surface area contributed by atoms with Crippen LogP contribution in [0.3, 0.4) is 0 Å². The highest BCUT2D eigenvalue weighted by molar-refractivity contribution is 5.79. The second-order valence-electron chi connectivity index (χ2n) is 5.29. The highest BCUT2D eigenvalue weighted by Gasteiger charge is 2.36. The molecule has 18 heavy (non-hydrogen) atoms. The molecule has 0 aromatic heterocycles. The third-order valence-electron chi connectivity index (χ3n) is 4.16. The van der Waals surface area contributed by atoms with Gasteiger partial charge in [0, 0.05) is 32.8 Å². The van der Waals surface area contributed by atoms with E-state index in [4.69, 9.17) is 10.6 Å². The van der Waals surface area contributed by atoms with Gasteiger partial charge in [-0.05, 0) is 38.0 Å². The molecule has 2 unspecified atom stereocenters. The number of piperidine rings is 1. The Bertz CT molecular complexity index is 282. The first-order valence-corrected chi connectivity index (χ1v) is 7.13. The van der Waals surface area contributed by atoms with E-state index in [9.17, 15) is 0 Å². The van der Waals surface area contributed by atoms with Crippen LogP contribution < -0.4 is 11.3 Å². The van der Waals surface area contributed by atoms with Crippen LogP contribution in [0.15, 0.2) is 4.99 Å². The van der Waals surface area contributed by atoms with Crippen LogP contribution in [0.2, 0.25) is 0 Å². The monoisotopic (exact) mass is 254 g/mol. The summed E-state index contributed by atoms with van der Waals surface area (Å²) >= 11 is 0. The van der Waals surface area contributed by atoms with Crippen molar-refractivity contribution in [3.63, 3.8) is 0 Å². The zero-order valence-electron chi connectivity index (χ0n) is 11.4. The summed E-state index contributed by atoms with van der Waals surface area (Å²) in [5.74, 6) is 7.38. The third-order valence-corrected chi connectivity index (χ3v) is 4.16. The number of guanidine groups is 1. The number of likely N-dealkylation sites (tertiary alicyclic amines) is 1. The van der Waals surface area contributed by atoms with Gasteiger partial charge < -0.3 is 9.64 Å². The molecule has 0 amide bonds. The predicted octanol–water partition coefficient (Wildman–Crippen LogP) is 1.11. The second-order valence-corrected chi connectivity index (χ2v) is 5.29. The molecule has 1 aliphatic carbocycles. The van der Waals surface area contributed by atoms with Crippen molar-refractivity contribution in [2.45, 2.75) is 44.6 Å². The topological polar surface area (TPSA) is 62.9 Å². The number of hydrogen-bond donors (Lipinski definition) is 2. The SMILES string of the molecule is COCCCN=C(NN)N1CCCC2CCCC21. The van der Waals surface area contributed by atoms with Crippen molar-refractivity contribution in [2.75, 3.05) is 26.8 Å². The van der Waals surface area contributed by atoms with Gasteiger partial charge in [-0.2, -0.15) is 0 Å². The van der Waals surface area contributed by atoms with E-state index >= 15 is 0 Å². The lowest BCUT2D eigenvalue weighted by Crippen LogP contribution is -2.53. The normalized spacial score (nSPS) is 28.3. The Labute approximate surface area is 110 Å². The van der Waals surface area contributed by atoms with Crippen LogP contribution in [0.25, 0.3) is 0 Å². The van der Waals surface area contributed by atoms with Crippen LogP contribution in [0.4, 0.5) is 0 Å². The summed E-state index contributed by atoms with van der Waals surface area (Å²) in [6, 6.07) is 0.663. The molecule has 0 aromatic rings. The molecule has 1 saturated heterocycles. The number of rotatable bonds is 4. The molecule has 1 heterocycles. The maximum absolute atomic E-state index is 5.65. The summed E-state index contributed by atoms with van der Waals surface area (Å²) in [7, 11) is 1.72. The molecular weight excluding hydrogens is 228 g/mol. The van der Waals surface area contributed by atoms with Crippen LogP contribution in [0, 0.1) is 5.92 Å². The van der Waals surface area contributed by atoms with E-state index in [0.717, 1.165) is 38.0 Å². The van der Waals surface area contributed by atoms with Crippen LogP contribution in [0.5, 0.6) is 0 Å². The molecule has 3 N–H and O–H groups in total. The smallest absolute Gasteiger partial charge is 0.208 e. The maximum Gasteiger partial charge on any atom is 0.208 e. The van der Waals surface area contributed by atoms with Crippen molar-refractivity contribution in [3.8, 4) is 0 Å². The summed E-state index contributed by atoms with van der Waals surface area (Å²) in [6.45, 7) is 2.63. The standard InChI is InChI=1S/C13H26N4O/c1-18-10-4-8-15-13(16-14)17-9-3-6-11-5-2-7-12(11)17/h11-12H,2-10,14H2,1H3,(H,15,16). The number of hydrogen-bond acceptors (Lipinski definition) is 3. The van der Waals surface area contributed by atoms with E-state index in [0.29, 0.717) is 6.04 Å². The number of ether oxygens (including phenoxy) is 1. The molecule has 2 atom stereocenters. The van der Waals surface area contributed by atoms with Gasteiger partial charge in [-0.1, -0.05) is 6.42 Å². The van der Waals surface area contributed by atoms with Crippen LogP contribution in [-0.4, -0.2) is 43.7 Å². The fourth-order valence-corrected chi connectivity index (χ4v) is 3.33. The second kappa shape index (κ2) is 6.95. The molecule has 104 valence electrons. The Balaban J connectivity index is 1.93. The van der Waals surface area contributed by atoms with Crippen molar-refractivity contribution >= 4 is 5.96 Å². The number of nitrogens with zero attached hydrogens (tertiary/aromatic N) is 2. The van der Waals surface area contributed by atoms with Crippen molar-refractivity contribution in [3.05, 3.63) is 0 Å². The number of nitrogens with one attached hydrogen (secondary N) is 1. The number of hydrazine groups is 1. The predicted molar refractivity (Wildman–Crippen MR) is 73.2 cm³/mol. The van der Waals surface area contributed by atoms with Crippen molar-refractivity contribution in [2.24, 2.45) is 16.8 Å². The number of fused-ring (bicyclic) bond motifs is 1. The van der Waals surface area contributed by atoms with Crippen LogP contribution in [-0.2, 0) is 4.74 Å². The summed E-state index contributed by atoms with van der Waals surface area (Å²) in [5.41, 5.74) is 2.80. The number of aliphatic imine (C=N–C) groups is 1. The molecule has 1 saturated carbocycles. The Morgan fingerprint density at radius 3 is 3.00 bits per heavy atom. The number of methoxy groups -OCH3 is 1. The van der Waals surface area contributed by atoms with Crippen molar-refractivity contribution in [1.82, 2.24) is 10.3 Å². The minimum atomic E-state index is 0.663. The average molecular weight is 254 g/mol. The summed E-state index contributed by atoms with van der Waals surface area (Å²) in [6.07, 6.45) is 7.62. The van der Waals surface area contributed by atoms with Gasteiger partial charge in [0.25, 0.3) is 0 Å². The minimum absolute atomic E-state index is 0.663. The molecule has 5 nitrogen and oxygen atoms in total. The Morgan fingerprint density at radius 1 is 1.39 bits per heavy atom. The highest BCUT2D eigenvalue weighted by Crippen LogP contribution is 2.36. The summed E-state index contributed by atoms with van der Waals surface area (Å²) in [5, 5.41) is 0. The fraction of sp³-hybridized carbons (Fsp3) is 0.923. The maximum atomic E-state index is 5.65. The van der Waals surface area contributed by atoms with E-state index in [2.05, 4.69) is 15.3 Å². The van der Waals surface area contributed by atoms with Gasteiger partial charge in [0.1, 0.15) is 0 Å². The molecule has 0 radical (unpaired) electrons. The van der Waals surface area contributed by atoms with Gasteiger partial charge in [0.15, 0.2) is 0 Å². The van der Waals surface area contributed by atoms with Gasteiger partial charge in [-0.25, -0.2) is 5.84 Å². The molecule has 5 heteroatoms. The molecule has 1 aliphatic heterocycles. The van der Waals surface area contributed by atoms with Gasteiger partial charge in [-0.3, -0.25) is 10.4 Å². The van der Waals surface area contributed by atoms with E-state index in [1.54, 1.807) is 7.11 Å².